The summed E-state index contributed by atoms with van der Waals surface area (Å²) in [6, 6.07) is 8.55. The number of rotatable bonds is 8. The van der Waals surface area contributed by atoms with E-state index in [1.54, 1.807) is 29.1 Å². The van der Waals surface area contributed by atoms with Gasteiger partial charge >= 0.3 is 0 Å². The van der Waals surface area contributed by atoms with Gasteiger partial charge < -0.3 is 14.4 Å². The maximum Gasteiger partial charge on any atom is 0.246 e. The van der Waals surface area contributed by atoms with E-state index in [-0.39, 0.29) is 4.90 Å². The highest BCUT2D eigenvalue weighted by molar-refractivity contribution is 7.89. The lowest BCUT2D eigenvalue weighted by Crippen LogP contribution is -2.49. The third kappa shape index (κ3) is 4.93. The molecule has 1 aliphatic rings. The lowest BCUT2D eigenvalue weighted by Gasteiger charge is -2.35. The number of sulfonamides is 1. The fraction of sp³-hybridized carbons (Fsp3) is 0.409. The van der Waals surface area contributed by atoms with Gasteiger partial charge in [0.05, 0.1) is 13.2 Å². The molecule has 10 nitrogen and oxygen atoms in total. The molecule has 3 aromatic rings. The van der Waals surface area contributed by atoms with Gasteiger partial charge in [0.15, 0.2) is 5.82 Å². The van der Waals surface area contributed by atoms with Crippen molar-refractivity contribution in [3.8, 4) is 17.3 Å². The molecular weight excluding hydrogens is 444 g/mol. The first-order chi connectivity index (χ1) is 15.9. The lowest BCUT2D eigenvalue weighted by molar-refractivity contribution is 0.314. The first-order valence-corrected chi connectivity index (χ1v) is 12.4. The van der Waals surface area contributed by atoms with Crippen molar-refractivity contribution in [1.29, 1.82) is 0 Å². The van der Waals surface area contributed by atoms with Crippen molar-refractivity contribution in [3.63, 3.8) is 0 Å². The Kier molecular flexibility index (Phi) is 6.80. The molecule has 0 amide bonds. The maximum atomic E-state index is 13.4. The molecule has 1 aliphatic heterocycles. The first-order valence-electron chi connectivity index (χ1n) is 10.9. The molecule has 11 heteroatoms. The molecule has 4 rings (SSSR count). The molecule has 3 heterocycles. The van der Waals surface area contributed by atoms with Gasteiger partial charge in [-0.1, -0.05) is 0 Å². The summed E-state index contributed by atoms with van der Waals surface area (Å²) in [5.74, 6) is 2.94. The summed E-state index contributed by atoms with van der Waals surface area (Å²) in [5.41, 5.74) is 0. The number of nitrogens with zero attached hydrogens (tertiary/aromatic N) is 6. The van der Waals surface area contributed by atoms with Crippen molar-refractivity contribution in [1.82, 2.24) is 24.1 Å². The van der Waals surface area contributed by atoms with Crippen molar-refractivity contribution >= 4 is 15.8 Å². The monoisotopic (exact) mass is 472 g/mol. The van der Waals surface area contributed by atoms with Gasteiger partial charge in [0.1, 0.15) is 28.0 Å². The number of aromatic nitrogens is 4. The number of piperazine rings is 1. The molecule has 0 N–H and O–H groups in total. The van der Waals surface area contributed by atoms with E-state index in [1.807, 2.05) is 39.1 Å². The maximum absolute atomic E-state index is 13.4. The van der Waals surface area contributed by atoms with Crippen molar-refractivity contribution in [2.45, 2.75) is 25.7 Å². The number of aryl methyl sites for hydroxylation is 1. The zero-order valence-electron chi connectivity index (χ0n) is 19.0. The van der Waals surface area contributed by atoms with Gasteiger partial charge in [-0.05, 0) is 39.0 Å². The Morgan fingerprint density at radius 1 is 0.970 bits per heavy atom. The highest BCUT2D eigenvalue weighted by Crippen LogP contribution is 2.32. The van der Waals surface area contributed by atoms with Crippen molar-refractivity contribution in [2.75, 3.05) is 44.3 Å². The van der Waals surface area contributed by atoms with Crippen LogP contribution in [0, 0.1) is 6.92 Å². The predicted octanol–water partition coefficient (Wildman–Crippen LogP) is 2.28. The third-order valence-electron chi connectivity index (χ3n) is 5.26. The van der Waals surface area contributed by atoms with Gasteiger partial charge in [-0.25, -0.2) is 23.1 Å². The molecule has 0 atom stereocenters. The molecule has 0 saturated carbocycles. The molecule has 33 heavy (non-hydrogen) atoms. The molecule has 0 aliphatic carbocycles. The van der Waals surface area contributed by atoms with Crippen LogP contribution in [0.4, 0.5) is 5.82 Å². The Morgan fingerprint density at radius 3 is 2.36 bits per heavy atom. The average Bonchev–Trinajstić information content (AvgIpc) is 3.34. The summed E-state index contributed by atoms with van der Waals surface area (Å²) < 4.78 is 41.1. The molecule has 1 fully saturated rings. The minimum Gasteiger partial charge on any atom is -0.494 e. The second-order valence-electron chi connectivity index (χ2n) is 7.45. The SMILES string of the molecule is CCOc1ccc(S(=O)(=O)N2CCN(c3cc(-n4cccn4)nc(C)n3)CC2)c(OCC)c1. The highest BCUT2D eigenvalue weighted by Gasteiger charge is 2.31. The molecule has 1 saturated heterocycles. The molecule has 0 radical (unpaired) electrons. The molecule has 176 valence electrons. The van der Waals surface area contributed by atoms with E-state index in [4.69, 9.17) is 9.47 Å². The lowest BCUT2D eigenvalue weighted by atomic mass is 10.3. The van der Waals surface area contributed by atoms with Gasteiger partial charge in [-0.3, -0.25) is 0 Å². The van der Waals surface area contributed by atoms with E-state index in [0.29, 0.717) is 62.5 Å². The van der Waals surface area contributed by atoms with Crippen LogP contribution in [-0.4, -0.2) is 71.9 Å². The van der Waals surface area contributed by atoms with Gasteiger partial charge in [-0.2, -0.15) is 9.40 Å². The smallest absolute Gasteiger partial charge is 0.246 e. The van der Waals surface area contributed by atoms with Crippen LogP contribution in [-0.2, 0) is 10.0 Å². The summed E-state index contributed by atoms with van der Waals surface area (Å²) in [4.78, 5) is 11.2. The first kappa shape index (κ1) is 23.0. The molecule has 2 aromatic heterocycles. The quantitative estimate of drug-likeness (QED) is 0.492. The van der Waals surface area contributed by atoms with Crippen LogP contribution in [0.2, 0.25) is 0 Å². The van der Waals surface area contributed by atoms with E-state index in [1.165, 1.54) is 4.31 Å². The van der Waals surface area contributed by atoms with Crippen LogP contribution < -0.4 is 14.4 Å². The van der Waals surface area contributed by atoms with E-state index in [0.717, 1.165) is 5.82 Å². The van der Waals surface area contributed by atoms with E-state index in [2.05, 4.69) is 20.0 Å². The van der Waals surface area contributed by atoms with Crippen LogP contribution in [0.15, 0.2) is 47.6 Å². The van der Waals surface area contributed by atoms with Crippen molar-refractivity contribution in [3.05, 3.63) is 48.5 Å². The fourth-order valence-electron chi connectivity index (χ4n) is 3.74. The van der Waals surface area contributed by atoms with Crippen molar-refractivity contribution in [2.24, 2.45) is 0 Å². The molecule has 0 spiro atoms. The zero-order valence-corrected chi connectivity index (χ0v) is 19.8. The summed E-state index contributed by atoms with van der Waals surface area (Å²) in [6.45, 7) is 8.07. The fourth-order valence-corrected chi connectivity index (χ4v) is 5.28. The zero-order chi connectivity index (χ0) is 23.4. The van der Waals surface area contributed by atoms with Crippen molar-refractivity contribution < 1.29 is 17.9 Å². The highest BCUT2D eigenvalue weighted by atomic mass is 32.2. The van der Waals surface area contributed by atoms with Crippen LogP contribution in [0.3, 0.4) is 0 Å². The van der Waals surface area contributed by atoms with Gasteiger partial charge in [-0.15, -0.1) is 0 Å². The normalized spacial score (nSPS) is 14.9. The van der Waals surface area contributed by atoms with Crippen LogP contribution in [0.5, 0.6) is 11.5 Å². The second-order valence-corrected chi connectivity index (χ2v) is 9.35. The Morgan fingerprint density at radius 2 is 1.70 bits per heavy atom. The number of hydrogen-bond acceptors (Lipinski definition) is 8. The van der Waals surface area contributed by atoms with Crippen LogP contribution in [0.25, 0.3) is 5.82 Å². The second kappa shape index (κ2) is 9.75. The molecule has 0 bridgehead atoms. The molecular formula is C22H28N6O4S. The van der Waals surface area contributed by atoms with E-state index >= 15 is 0 Å². The average molecular weight is 473 g/mol. The van der Waals surface area contributed by atoms with Crippen LogP contribution >= 0.6 is 0 Å². The van der Waals surface area contributed by atoms with E-state index < -0.39 is 10.0 Å². The largest absolute Gasteiger partial charge is 0.494 e. The van der Waals surface area contributed by atoms with Crippen LogP contribution in [0.1, 0.15) is 19.7 Å². The number of hydrogen-bond donors (Lipinski definition) is 0. The van der Waals surface area contributed by atoms with Gasteiger partial charge in [0.2, 0.25) is 10.0 Å². The minimum atomic E-state index is -3.72. The summed E-state index contributed by atoms with van der Waals surface area (Å²) in [6.07, 6.45) is 3.51. The Balaban J connectivity index is 1.52. The standard InChI is InChI=1S/C22H28N6O4S/c1-4-31-18-7-8-20(19(15-18)32-5-2)33(29,30)27-13-11-26(12-14-27)21-16-22(25-17(3)24-21)28-10-6-9-23-28/h6-10,15-16H,4-5,11-14H2,1-3H3. The molecule has 0 unspecified atom stereocenters. The van der Waals surface area contributed by atoms with Gasteiger partial charge in [0, 0.05) is 50.7 Å². The van der Waals surface area contributed by atoms with E-state index in [9.17, 15) is 8.42 Å². The number of benzene rings is 1. The summed E-state index contributed by atoms with van der Waals surface area (Å²) in [7, 11) is -3.72. The number of ether oxygens (including phenoxy) is 2. The predicted molar refractivity (Wildman–Crippen MR) is 124 cm³/mol. The molecule has 1 aromatic carbocycles. The number of anilines is 1. The summed E-state index contributed by atoms with van der Waals surface area (Å²) in [5, 5.41) is 4.23. The minimum absolute atomic E-state index is 0.153. The Hall–Kier alpha value is -3.18. The Bertz CT molecular complexity index is 1190. The topological polar surface area (TPSA) is 103 Å². The summed E-state index contributed by atoms with van der Waals surface area (Å²) >= 11 is 0. The van der Waals surface area contributed by atoms with Gasteiger partial charge in [0.25, 0.3) is 0 Å². The Labute approximate surface area is 193 Å². The third-order valence-corrected chi connectivity index (χ3v) is 7.19.